The van der Waals surface area contributed by atoms with Gasteiger partial charge in [0.25, 0.3) is 10.0 Å². The molecule has 0 saturated heterocycles. The molecule has 0 aliphatic carbocycles. The smallest absolute Gasteiger partial charge is 0.265 e. The number of hydrogen-bond donors (Lipinski definition) is 1. The monoisotopic (exact) mass is 438 g/mol. The number of hydrogen-bond acceptors (Lipinski definition) is 4. The number of anilines is 2. The number of carbonyl (C=O) groups excluding carboxylic acids is 1. The molecule has 3 rings (SSSR count). The number of nitrogens with zero attached hydrogens (tertiary/aromatic N) is 1. The summed E-state index contributed by atoms with van der Waals surface area (Å²) >= 11 is 0. The van der Waals surface area contributed by atoms with Gasteiger partial charge in [-0.25, -0.2) is 8.42 Å². The fraction of sp³-hybridized carbons (Fsp3) is 0.208. The SMILES string of the molecule is COc1ccc(N(CC(=O)Nc2ccccc2C)S(=O)(=O)c2cc(C)ccc2C)cc1. The average Bonchev–Trinajstić information content (AvgIpc) is 2.75. The maximum atomic E-state index is 13.6. The Labute approximate surface area is 183 Å². The molecule has 0 aliphatic rings. The quantitative estimate of drug-likeness (QED) is 0.591. The summed E-state index contributed by atoms with van der Waals surface area (Å²) in [6.07, 6.45) is 0. The number of para-hydroxylation sites is 1. The van der Waals surface area contributed by atoms with E-state index in [1.54, 1.807) is 49.4 Å². The molecule has 0 radical (unpaired) electrons. The first-order valence-corrected chi connectivity index (χ1v) is 11.3. The molecule has 0 heterocycles. The molecule has 1 N–H and O–H groups in total. The molecule has 31 heavy (non-hydrogen) atoms. The van der Waals surface area contributed by atoms with Crippen LogP contribution in [0.3, 0.4) is 0 Å². The molecular weight excluding hydrogens is 412 g/mol. The number of rotatable bonds is 7. The standard InChI is InChI=1S/C24H26N2O4S/c1-17-9-10-19(3)23(15-17)31(28,29)26(20-11-13-21(30-4)14-12-20)16-24(27)25-22-8-6-5-7-18(22)2/h5-15H,16H2,1-4H3,(H,25,27). The lowest BCUT2D eigenvalue weighted by molar-refractivity contribution is -0.114. The topological polar surface area (TPSA) is 75.7 Å². The fourth-order valence-corrected chi connectivity index (χ4v) is 4.93. The summed E-state index contributed by atoms with van der Waals surface area (Å²) < 4.78 is 33.6. The minimum absolute atomic E-state index is 0.173. The fourth-order valence-electron chi connectivity index (χ4n) is 3.20. The lowest BCUT2D eigenvalue weighted by atomic mass is 10.2. The third kappa shape index (κ3) is 5.06. The van der Waals surface area contributed by atoms with Crippen molar-refractivity contribution in [3.05, 3.63) is 83.4 Å². The summed E-state index contributed by atoms with van der Waals surface area (Å²) in [4.78, 5) is 13.0. The van der Waals surface area contributed by atoms with Crippen LogP contribution in [0.2, 0.25) is 0 Å². The largest absolute Gasteiger partial charge is 0.497 e. The Balaban J connectivity index is 2.01. The lowest BCUT2D eigenvalue weighted by Gasteiger charge is -2.25. The van der Waals surface area contributed by atoms with E-state index >= 15 is 0 Å². The molecule has 3 aromatic carbocycles. The van der Waals surface area contributed by atoms with Crippen LogP contribution < -0.4 is 14.4 Å². The van der Waals surface area contributed by atoms with Crippen LogP contribution >= 0.6 is 0 Å². The molecule has 6 nitrogen and oxygen atoms in total. The number of aryl methyl sites for hydroxylation is 3. The van der Waals surface area contributed by atoms with Gasteiger partial charge in [0.15, 0.2) is 0 Å². The predicted octanol–water partition coefficient (Wildman–Crippen LogP) is 4.45. The van der Waals surface area contributed by atoms with E-state index in [0.29, 0.717) is 22.7 Å². The predicted molar refractivity (Wildman–Crippen MR) is 123 cm³/mol. The Bertz CT molecular complexity index is 1190. The van der Waals surface area contributed by atoms with Gasteiger partial charge in [-0.1, -0.05) is 30.3 Å². The molecule has 0 saturated carbocycles. The van der Waals surface area contributed by atoms with Crippen molar-refractivity contribution < 1.29 is 17.9 Å². The van der Waals surface area contributed by atoms with Gasteiger partial charge in [0, 0.05) is 5.69 Å². The lowest BCUT2D eigenvalue weighted by Crippen LogP contribution is -2.38. The Kier molecular flexibility index (Phi) is 6.65. The van der Waals surface area contributed by atoms with Crippen LogP contribution in [0.4, 0.5) is 11.4 Å². The molecule has 0 atom stereocenters. The van der Waals surface area contributed by atoms with Crippen molar-refractivity contribution >= 4 is 27.3 Å². The third-order valence-corrected chi connectivity index (χ3v) is 6.89. The van der Waals surface area contributed by atoms with E-state index in [1.165, 1.54) is 7.11 Å². The minimum atomic E-state index is -3.99. The first-order chi connectivity index (χ1) is 14.7. The molecule has 162 valence electrons. The average molecular weight is 439 g/mol. The number of carbonyl (C=O) groups is 1. The summed E-state index contributed by atoms with van der Waals surface area (Å²) in [6, 6.07) is 19.2. The van der Waals surface area contributed by atoms with Gasteiger partial charge in [-0.15, -0.1) is 0 Å². The number of sulfonamides is 1. The second-order valence-corrected chi connectivity index (χ2v) is 9.17. The highest BCUT2D eigenvalue weighted by Gasteiger charge is 2.29. The van der Waals surface area contributed by atoms with Gasteiger partial charge < -0.3 is 10.1 Å². The molecule has 3 aromatic rings. The number of benzene rings is 3. The minimum Gasteiger partial charge on any atom is -0.497 e. The summed E-state index contributed by atoms with van der Waals surface area (Å²) in [7, 11) is -2.46. The van der Waals surface area contributed by atoms with Gasteiger partial charge >= 0.3 is 0 Å². The van der Waals surface area contributed by atoms with Crippen LogP contribution in [0.15, 0.2) is 71.6 Å². The number of ether oxygens (including phenoxy) is 1. The van der Waals surface area contributed by atoms with E-state index in [4.69, 9.17) is 4.74 Å². The molecule has 0 unspecified atom stereocenters. The van der Waals surface area contributed by atoms with E-state index < -0.39 is 15.9 Å². The maximum absolute atomic E-state index is 13.6. The number of amides is 1. The van der Waals surface area contributed by atoms with Crippen molar-refractivity contribution in [2.75, 3.05) is 23.3 Å². The molecule has 0 aliphatic heterocycles. The van der Waals surface area contributed by atoms with Gasteiger partial charge in [0.1, 0.15) is 12.3 Å². The molecule has 1 amide bonds. The van der Waals surface area contributed by atoms with E-state index in [1.807, 2.05) is 38.1 Å². The second kappa shape index (κ2) is 9.22. The highest BCUT2D eigenvalue weighted by molar-refractivity contribution is 7.93. The van der Waals surface area contributed by atoms with Crippen LogP contribution in [-0.2, 0) is 14.8 Å². The van der Waals surface area contributed by atoms with Crippen molar-refractivity contribution in [2.24, 2.45) is 0 Å². The Morgan fingerprint density at radius 2 is 1.61 bits per heavy atom. The highest BCUT2D eigenvalue weighted by Crippen LogP contribution is 2.28. The van der Waals surface area contributed by atoms with Crippen molar-refractivity contribution in [2.45, 2.75) is 25.7 Å². The number of nitrogens with one attached hydrogen (secondary N) is 1. The third-order valence-electron chi connectivity index (χ3n) is 4.98. The van der Waals surface area contributed by atoms with E-state index in [2.05, 4.69) is 5.32 Å². The summed E-state index contributed by atoms with van der Waals surface area (Å²) in [5, 5.41) is 2.81. The van der Waals surface area contributed by atoms with E-state index in [0.717, 1.165) is 15.4 Å². The Morgan fingerprint density at radius 3 is 2.26 bits per heavy atom. The first kappa shape index (κ1) is 22.4. The van der Waals surface area contributed by atoms with Crippen LogP contribution in [-0.4, -0.2) is 28.0 Å². The molecular formula is C24H26N2O4S. The zero-order valence-corrected chi connectivity index (χ0v) is 18.9. The molecule has 0 bridgehead atoms. The van der Waals surface area contributed by atoms with Crippen LogP contribution in [0.5, 0.6) is 5.75 Å². The maximum Gasteiger partial charge on any atom is 0.265 e. The van der Waals surface area contributed by atoms with Crippen molar-refractivity contribution in [3.8, 4) is 5.75 Å². The molecule has 7 heteroatoms. The van der Waals surface area contributed by atoms with Gasteiger partial charge in [-0.05, 0) is 73.9 Å². The first-order valence-electron chi connectivity index (χ1n) is 9.82. The van der Waals surface area contributed by atoms with Gasteiger partial charge in [0.05, 0.1) is 17.7 Å². The van der Waals surface area contributed by atoms with Crippen molar-refractivity contribution in [3.63, 3.8) is 0 Å². The van der Waals surface area contributed by atoms with Crippen molar-refractivity contribution in [1.82, 2.24) is 0 Å². The van der Waals surface area contributed by atoms with Gasteiger partial charge in [-0.2, -0.15) is 0 Å². The summed E-state index contributed by atoms with van der Waals surface area (Å²) in [5.41, 5.74) is 3.35. The van der Waals surface area contributed by atoms with Crippen molar-refractivity contribution in [1.29, 1.82) is 0 Å². The zero-order valence-electron chi connectivity index (χ0n) is 18.0. The van der Waals surface area contributed by atoms with Crippen LogP contribution in [0, 0.1) is 20.8 Å². The molecule has 0 aromatic heterocycles. The highest BCUT2D eigenvalue weighted by atomic mass is 32.2. The van der Waals surface area contributed by atoms with E-state index in [-0.39, 0.29) is 11.4 Å². The molecule has 0 spiro atoms. The summed E-state index contributed by atoms with van der Waals surface area (Å²) in [5.74, 6) is 0.163. The van der Waals surface area contributed by atoms with Crippen LogP contribution in [0.1, 0.15) is 16.7 Å². The van der Waals surface area contributed by atoms with Crippen LogP contribution in [0.25, 0.3) is 0 Å². The zero-order chi connectivity index (χ0) is 22.6. The summed E-state index contributed by atoms with van der Waals surface area (Å²) in [6.45, 7) is 5.09. The molecule has 0 fully saturated rings. The normalized spacial score (nSPS) is 11.1. The second-order valence-electron chi connectivity index (χ2n) is 7.34. The Hall–Kier alpha value is -3.32. The van der Waals surface area contributed by atoms with Gasteiger partial charge in [0.2, 0.25) is 5.91 Å². The number of methoxy groups -OCH3 is 1. The Morgan fingerprint density at radius 1 is 0.935 bits per heavy atom. The van der Waals surface area contributed by atoms with E-state index in [9.17, 15) is 13.2 Å². The van der Waals surface area contributed by atoms with Gasteiger partial charge in [-0.3, -0.25) is 9.10 Å².